The molecule has 1 amide bonds. The van der Waals surface area contributed by atoms with Crippen LogP contribution in [0.25, 0.3) is 10.9 Å². The number of nitrogens with two attached hydrogens (primary N) is 1. The first-order valence-corrected chi connectivity index (χ1v) is 5.06. The van der Waals surface area contributed by atoms with Crippen LogP contribution in [0.5, 0.6) is 0 Å². The number of H-pyrrole nitrogens is 1. The Morgan fingerprint density at radius 3 is 2.88 bits per heavy atom. The van der Waals surface area contributed by atoms with Gasteiger partial charge in [-0.05, 0) is 12.1 Å². The highest BCUT2D eigenvalue weighted by molar-refractivity contribution is 5.80. The lowest BCUT2D eigenvalue weighted by molar-refractivity contribution is -0.116. The van der Waals surface area contributed by atoms with Crippen molar-refractivity contribution in [2.24, 2.45) is 5.73 Å². The van der Waals surface area contributed by atoms with E-state index in [1.54, 1.807) is 31.3 Å². The SMILES string of the molecule is CN(CC(N)=O)c1nc2ccccc2c(=O)[nH]1. The average molecular weight is 232 g/mol. The van der Waals surface area contributed by atoms with Gasteiger partial charge in [0.05, 0.1) is 17.4 Å². The number of carbonyl (C=O) groups excluding carboxylic acids is 1. The quantitative estimate of drug-likeness (QED) is 0.769. The van der Waals surface area contributed by atoms with Crippen LogP contribution in [0.15, 0.2) is 29.1 Å². The van der Waals surface area contributed by atoms with Gasteiger partial charge in [0.2, 0.25) is 11.9 Å². The topological polar surface area (TPSA) is 92.1 Å². The first kappa shape index (κ1) is 11.1. The molecule has 2 aromatic rings. The molecule has 0 aliphatic heterocycles. The summed E-state index contributed by atoms with van der Waals surface area (Å²) in [7, 11) is 1.64. The zero-order valence-electron chi connectivity index (χ0n) is 9.30. The summed E-state index contributed by atoms with van der Waals surface area (Å²) >= 11 is 0. The summed E-state index contributed by atoms with van der Waals surface area (Å²) in [5.74, 6) is -0.157. The molecule has 2 rings (SSSR count). The Bertz CT molecular complexity index is 620. The molecule has 0 fully saturated rings. The largest absolute Gasteiger partial charge is 0.368 e. The van der Waals surface area contributed by atoms with Gasteiger partial charge in [0.25, 0.3) is 5.56 Å². The van der Waals surface area contributed by atoms with Gasteiger partial charge < -0.3 is 10.6 Å². The van der Waals surface area contributed by atoms with E-state index in [1.165, 1.54) is 4.90 Å². The number of benzene rings is 1. The standard InChI is InChI=1S/C11H12N4O2/c1-15(6-9(12)16)11-13-8-5-3-2-4-7(8)10(17)14-11/h2-5H,6H2,1H3,(H2,12,16)(H,13,14,17). The minimum atomic E-state index is -0.483. The maximum Gasteiger partial charge on any atom is 0.260 e. The number of likely N-dealkylation sites (N-methyl/N-ethyl adjacent to an activating group) is 1. The van der Waals surface area contributed by atoms with Crippen LogP contribution in [0.1, 0.15) is 0 Å². The molecule has 1 aromatic carbocycles. The molecule has 1 aromatic heterocycles. The highest BCUT2D eigenvalue weighted by Gasteiger charge is 2.08. The van der Waals surface area contributed by atoms with Gasteiger partial charge in [0.1, 0.15) is 0 Å². The number of nitrogens with zero attached hydrogens (tertiary/aromatic N) is 2. The van der Waals surface area contributed by atoms with Gasteiger partial charge in [-0.15, -0.1) is 0 Å². The highest BCUT2D eigenvalue weighted by Crippen LogP contribution is 2.09. The number of aromatic nitrogens is 2. The van der Waals surface area contributed by atoms with Gasteiger partial charge in [-0.3, -0.25) is 14.6 Å². The predicted octanol–water partition coefficient (Wildman–Crippen LogP) is -0.155. The van der Waals surface area contributed by atoms with E-state index in [0.717, 1.165) is 0 Å². The maximum atomic E-state index is 11.8. The van der Waals surface area contributed by atoms with Crippen LogP contribution in [0.3, 0.4) is 0 Å². The van der Waals surface area contributed by atoms with Crippen molar-refractivity contribution in [3.63, 3.8) is 0 Å². The fourth-order valence-electron chi connectivity index (χ4n) is 1.56. The van der Waals surface area contributed by atoms with Crippen LogP contribution in [0.2, 0.25) is 0 Å². The normalized spacial score (nSPS) is 10.4. The van der Waals surface area contributed by atoms with Crippen molar-refractivity contribution < 1.29 is 4.79 Å². The van der Waals surface area contributed by atoms with Gasteiger partial charge in [0, 0.05) is 7.05 Å². The molecule has 88 valence electrons. The zero-order valence-corrected chi connectivity index (χ0v) is 9.30. The van der Waals surface area contributed by atoms with Crippen LogP contribution >= 0.6 is 0 Å². The number of hydrogen-bond donors (Lipinski definition) is 2. The van der Waals surface area contributed by atoms with Crippen molar-refractivity contribution in [3.8, 4) is 0 Å². The number of fused-ring (bicyclic) bond motifs is 1. The Balaban J connectivity index is 2.50. The minimum absolute atomic E-state index is 0.00127. The number of aromatic amines is 1. The number of para-hydroxylation sites is 1. The molecule has 3 N–H and O–H groups in total. The van der Waals surface area contributed by atoms with E-state index in [9.17, 15) is 9.59 Å². The smallest absolute Gasteiger partial charge is 0.260 e. The van der Waals surface area contributed by atoms with Crippen LogP contribution in [0.4, 0.5) is 5.95 Å². The summed E-state index contributed by atoms with van der Waals surface area (Å²) in [6.07, 6.45) is 0. The molecule has 17 heavy (non-hydrogen) atoms. The van der Waals surface area contributed by atoms with Crippen molar-refractivity contribution in [1.29, 1.82) is 0 Å². The summed E-state index contributed by atoms with van der Waals surface area (Å²) in [5.41, 5.74) is 5.43. The molecular weight excluding hydrogens is 220 g/mol. The van der Waals surface area contributed by atoms with Crippen molar-refractivity contribution in [2.45, 2.75) is 0 Å². The predicted molar refractivity (Wildman–Crippen MR) is 64.8 cm³/mol. The molecule has 0 unspecified atom stereocenters. The Morgan fingerprint density at radius 2 is 2.18 bits per heavy atom. The van der Waals surface area contributed by atoms with E-state index in [-0.39, 0.29) is 12.1 Å². The van der Waals surface area contributed by atoms with E-state index >= 15 is 0 Å². The molecule has 0 aliphatic carbocycles. The second-order valence-corrected chi connectivity index (χ2v) is 3.73. The van der Waals surface area contributed by atoms with Gasteiger partial charge in [-0.1, -0.05) is 12.1 Å². The number of amides is 1. The summed E-state index contributed by atoms with van der Waals surface area (Å²) in [6, 6.07) is 7.00. The van der Waals surface area contributed by atoms with E-state index < -0.39 is 5.91 Å². The fraction of sp³-hybridized carbons (Fsp3) is 0.182. The van der Waals surface area contributed by atoms with E-state index in [2.05, 4.69) is 9.97 Å². The van der Waals surface area contributed by atoms with Gasteiger partial charge in [0.15, 0.2) is 0 Å². The third kappa shape index (κ3) is 2.25. The van der Waals surface area contributed by atoms with Crippen molar-refractivity contribution >= 4 is 22.8 Å². The molecular formula is C11H12N4O2. The van der Waals surface area contributed by atoms with Gasteiger partial charge >= 0.3 is 0 Å². The van der Waals surface area contributed by atoms with E-state index in [0.29, 0.717) is 16.9 Å². The highest BCUT2D eigenvalue weighted by atomic mass is 16.1. The minimum Gasteiger partial charge on any atom is -0.368 e. The molecule has 6 heteroatoms. The van der Waals surface area contributed by atoms with Crippen molar-refractivity contribution in [1.82, 2.24) is 9.97 Å². The molecule has 0 saturated carbocycles. The second-order valence-electron chi connectivity index (χ2n) is 3.73. The Morgan fingerprint density at radius 1 is 1.47 bits per heavy atom. The lowest BCUT2D eigenvalue weighted by atomic mass is 10.2. The fourth-order valence-corrected chi connectivity index (χ4v) is 1.56. The Kier molecular flexibility index (Phi) is 2.78. The molecule has 0 bridgehead atoms. The van der Waals surface area contributed by atoms with E-state index in [1.807, 2.05) is 0 Å². The van der Waals surface area contributed by atoms with Crippen LogP contribution in [-0.2, 0) is 4.79 Å². The first-order valence-electron chi connectivity index (χ1n) is 5.06. The second kappa shape index (κ2) is 4.25. The summed E-state index contributed by atoms with van der Waals surface area (Å²) in [5, 5.41) is 0.517. The molecule has 6 nitrogen and oxygen atoms in total. The summed E-state index contributed by atoms with van der Waals surface area (Å²) in [6.45, 7) is 0.00127. The lowest BCUT2D eigenvalue weighted by Crippen LogP contribution is -2.32. The van der Waals surface area contributed by atoms with E-state index in [4.69, 9.17) is 5.73 Å². The first-order chi connectivity index (χ1) is 8.08. The monoisotopic (exact) mass is 232 g/mol. The number of hydrogen-bond acceptors (Lipinski definition) is 4. The summed E-state index contributed by atoms with van der Waals surface area (Å²) < 4.78 is 0. The average Bonchev–Trinajstić information content (AvgIpc) is 2.28. The third-order valence-electron chi connectivity index (χ3n) is 2.35. The Hall–Kier alpha value is -2.37. The van der Waals surface area contributed by atoms with Crippen molar-refractivity contribution in [3.05, 3.63) is 34.6 Å². The number of primary amides is 1. The summed E-state index contributed by atoms with van der Waals surface area (Å²) in [4.78, 5) is 30.9. The Labute approximate surface area is 97.1 Å². The number of anilines is 1. The third-order valence-corrected chi connectivity index (χ3v) is 2.35. The lowest BCUT2D eigenvalue weighted by Gasteiger charge is -2.15. The van der Waals surface area contributed by atoms with Crippen LogP contribution < -0.4 is 16.2 Å². The van der Waals surface area contributed by atoms with Crippen LogP contribution in [0, 0.1) is 0 Å². The number of rotatable bonds is 3. The molecule has 0 spiro atoms. The van der Waals surface area contributed by atoms with Gasteiger partial charge in [-0.2, -0.15) is 0 Å². The van der Waals surface area contributed by atoms with Gasteiger partial charge in [-0.25, -0.2) is 4.98 Å². The molecule has 1 heterocycles. The number of nitrogens with one attached hydrogen (secondary N) is 1. The molecule has 0 saturated heterocycles. The van der Waals surface area contributed by atoms with Crippen molar-refractivity contribution in [2.75, 3.05) is 18.5 Å². The molecule has 0 radical (unpaired) electrons. The van der Waals surface area contributed by atoms with Crippen LogP contribution in [-0.4, -0.2) is 29.5 Å². The maximum absolute atomic E-state index is 11.8. The zero-order chi connectivity index (χ0) is 12.4. The molecule has 0 aliphatic rings. The molecule has 0 atom stereocenters. The number of carbonyl (C=O) groups is 1.